The van der Waals surface area contributed by atoms with Gasteiger partial charge < -0.3 is 9.47 Å². The van der Waals surface area contributed by atoms with Crippen molar-refractivity contribution in [2.45, 2.75) is 9.79 Å². The van der Waals surface area contributed by atoms with Crippen molar-refractivity contribution in [1.29, 1.82) is 0 Å². The number of methoxy groups -OCH3 is 2. The molecular formula is C20H19O8PS2. The number of hydrogen-bond acceptors (Lipinski definition) is 6. The zero-order chi connectivity index (χ0) is 22.8. The number of hydrogen-bond donors (Lipinski definition) is 2. The molecule has 0 saturated carbocycles. The first-order valence-corrected chi connectivity index (χ1v) is 12.9. The Balaban J connectivity index is 2.30. The maximum absolute atomic E-state index is 11.9. The molecular weight excluding hydrogens is 463 g/mol. The first-order valence-electron chi connectivity index (χ1n) is 8.72. The minimum absolute atomic E-state index is 0.0254. The zero-order valence-corrected chi connectivity index (χ0v) is 19.0. The summed E-state index contributed by atoms with van der Waals surface area (Å²) in [7, 11) is -8.06. The first kappa shape index (κ1) is 23.2. The van der Waals surface area contributed by atoms with Crippen molar-refractivity contribution in [3.63, 3.8) is 0 Å². The Kier molecular flexibility index (Phi) is 6.68. The third kappa shape index (κ3) is 5.06. The maximum Gasteiger partial charge on any atom is 0.298 e. The van der Waals surface area contributed by atoms with Gasteiger partial charge in [0.25, 0.3) is 20.2 Å². The smallest absolute Gasteiger partial charge is 0.298 e. The lowest BCUT2D eigenvalue weighted by molar-refractivity contribution is 0.397. The summed E-state index contributed by atoms with van der Waals surface area (Å²) in [5.74, 6) is -0.0507. The van der Waals surface area contributed by atoms with Crippen LogP contribution in [0.25, 0.3) is 0 Å². The lowest BCUT2D eigenvalue weighted by atomic mass is 10.3. The topological polar surface area (TPSA) is 127 Å². The highest BCUT2D eigenvalue weighted by molar-refractivity contribution is 7.86. The monoisotopic (exact) mass is 482 g/mol. The Bertz CT molecular complexity index is 1220. The van der Waals surface area contributed by atoms with Gasteiger partial charge in [-0.1, -0.05) is 42.5 Å². The molecule has 0 aliphatic rings. The fourth-order valence-corrected chi connectivity index (χ4v) is 6.90. The van der Waals surface area contributed by atoms with Gasteiger partial charge in [0.15, 0.2) is 0 Å². The summed E-state index contributed by atoms with van der Waals surface area (Å²) >= 11 is 0. The minimum atomic E-state index is -4.58. The average Bonchev–Trinajstić information content (AvgIpc) is 2.73. The molecule has 0 aliphatic heterocycles. The predicted octanol–water partition coefficient (Wildman–Crippen LogP) is 1.96. The molecule has 2 N–H and O–H groups in total. The van der Waals surface area contributed by atoms with E-state index in [1.54, 1.807) is 24.3 Å². The Morgan fingerprint density at radius 2 is 1.06 bits per heavy atom. The summed E-state index contributed by atoms with van der Waals surface area (Å²) in [6, 6.07) is 17.8. The van der Waals surface area contributed by atoms with E-state index in [0.29, 0.717) is 10.6 Å². The minimum Gasteiger partial charge on any atom is -0.495 e. The Hall–Kier alpha value is -2.49. The second-order valence-corrected chi connectivity index (χ2v) is 11.3. The molecule has 0 amide bonds. The van der Waals surface area contributed by atoms with Crippen LogP contribution in [0.4, 0.5) is 0 Å². The van der Waals surface area contributed by atoms with Crippen LogP contribution >= 0.6 is 7.92 Å². The van der Waals surface area contributed by atoms with Crippen molar-refractivity contribution >= 4 is 44.1 Å². The summed E-state index contributed by atoms with van der Waals surface area (Å²) in [5, 5.41) is 1.82. The molecule has 0 bridgehead atoms. The Morgan fingerprint density at radius 1 is 0.645 bits per heavy atom. The van der Waals surface area contributed by atoms with Crippen LogP contribution in [0.5, 0.6) is 11.5 Å². The van der Waals surface area contributed by atoms with Gasteiger partial charge in [0.1, 0.15) is 21.3 Å². The zero-order valence-electron chi connectivity index (χ0n) is 16.5. The highest BCUT2D eigenvalue weighted by Gasteiger charge is 2.25. The SMILES string of the molecule is COc1ccc(P(c2ccccc2)c2ccc(OC)c(S(=O)(=O)O)c2)cc1S(=O)(=O)O. The van der Waals surface area contributed by atoms with Gasteiger partial charge in [0, 0.05) is 0 Å². The lowest BCUT2D eigenvalue weighted by Crippen LogP contribution is -2.22. The molecule has 8 nitrogen and oxygen atoms in total. The van der Waals surface area contributed by atoms with E-state index in [1.807, 2.05) is 18.2 Å². The molecule has 0 aromatic heterocycles. The fraction of sp³-hybridized carbons (Fsp3) is 0.100. The summed E-state index contributed by atoms with van der Waals surface area (Å²) in [6.45, 7) is 0. The second-order valence-electron chi connectivity index (χ2n) is 6.29. The van der Waals surface area contributed by atoms with Crippen LogP contribution in [0.15, 0.2) is 76.5 Å². The standard InChI is InChI=1S/C20H19O8PS2/c1-27-17-10-8-15(12-19(17)30(21,22)23)29(14-6-4-3-5-7-14)16-9-11-18(28-2)20(13-16)31(24,25)26/h3-13H,1-2H3,(H,21,22,23)(H,24,25,26). The third-order valence-electron chi connectivity index (χ3n) is 4.38. The van der Waals surface area contributed by atoms with Crippen molar-refractivity contribution < 1.29 is 35.4 Å². The molecule has 3 aromatic carbocycles. The number of rotatable bonds is 7. The van der Waals surface area contributed by atoms with E-state index in [-0.39, 0.29) is 11.5 Å². The van der Waals surface area contributed by atoms with E-state index in [4.69, 9.17) is 9.47 Å². The lowest BCUT2D eigenvalue weighted by Gasteiger charge is -2.21. The van der Waals surface area contributed by atoms with Crippen molar-refractivity contribution in [2.75, 3.05) is 14.2 Å². The van der Waals surface area contributed by atoms with E-state index in [0.717, 1.165) is 5.30 Å². The fourth-order valence-electron chi connectivity index (χ4n) is 3.04. The van der Waals surface area contributed by atoms with E-state index in [9.17, 15) is 25.9 Å². The van der Waals surface area contributed by atoms with Crippen molar-refractivity contribution in [3.8, 4) is 11.5 Å². The molecule has 164 valence electrons. The molecule has 0 heterocycles. The quantitative estimate of drug-likeness (QED) is 0.387. The molecule has 0 radical (unpaired) electrons. The molecule has 3 aromatic rings. The van der Waals surface area contributed by atoms with Crippen molar-refractivity contribution in [1.82, 2.24) is 0 Å². The van der Waals surface area contributed by atoms with Gasteiger partial charge >= 0.3 is 0 Å². The van der Waals surface area contributed by atoms with Crippen LogP contribution < -0.4 is 25.4 Å². The van der Waals surface area contributed by atoms with Crippen LogP contribution in [0.1, 0.15) is 0 Å². The second kappa shape index (κ2) is 8.94. The van der Waals surface area contributed by atoms with E-state index in [1.165, 1.54) is 38.5 Å². The van der Waals surface area contributed by atoms with Crippen molar-refractivity contribution in [2.24, 2.45) is 0 Å². The first-order chi connectivity index (χ1) is 14.6. The van der Waals surface area contributed by atoms with E-state index >= 15 is 0 Å². The van der Waals surface area contributed by atoms with Gasteiger partial charge in [-0.25, -0.2) is 0 Å². The van der Waals surface area contributed by atoms with Gasteiger partial charge in [0.05, 0.1) is 14.2 Å². The van der Waals surface area contributed by atoms with Gasteiger partial charge in [-0.15, -0.1) is 0 Å². The van der Waals surface area contributed by atoms with Gasteiger partial charge in [-0.2, -0.15) is 16.8 Å². The maximum atomic E-state index is 11.9. The van der Waals surface area contributed by atoms with Crippen LogP contribution in [0.3, 0.4) is 0 Å². The Labute approximate surface area is 181 Å². The molecule has 11 heteroatoms. The summed E-state index contributed by atoms with van der Waals surface area (Å²) in [4.78, 5) is -0.807. The molecule has 0 spiro atoms. The normalized spacial score (nSPS) is 12.0. The third-order valence-corrected chi connectivity index (χ3v) is 8.53. The van der Waals surface area contributed by atoms with Gasteiger partial charge in [-0.05, 0) is 48.1 Å². The van der Waals surface area contributed by atoms with Crippen LogP contribution in [-0.2, 0) is 20.2 Å². The van der Waals surface area contributed by atoms with Crippen LogP contribution in [0, 0.1) is 0 Å². The summed E-state index contributed by atoms with van der Waals surface area (Å²) < 4.78 is 76.9. The molecule has 3 rings (SSSR count). The number of benzene rings is 3. The molecule has 31 heavy (non-hydrogen) atoms. The predicted molar refractivity (Wildman–Crippen MR) is 118 cm³/mol. The van der Waals surface area contributed by atoms with E-state index in [2.05, 4.69) is 0 Å². The molecule has 0 saturated heterocycles. The highest BCUT2D eigenvalue weighted by atomic mass is 32.2. The van der Waals surface area contributed by atoms with E-state index < -0.39 is 37.9 Å². The average molecular weight is 482 g/mol. The van der Waals surface area contributed by atoms with Crippen LogP contribution in [-0.4, -0.2) is 40.2 Å². The molecule has 0 aliphatic carbocycles. The number of ether oxygens (including phenoxy) is 2. The molecule has 0 unspecified atom stereocenters. The van der Waals surface area contributed by atoms with Gasteiger partial charge in [0.2, 0.25) is 0 Å². The summed E-state index contributed by atoms with van der Waals surface area (Å²) in [5.41, 5.74) is 0. The van der Waals surface area contributed by atoms with Crippen molar-refractivity contribution in [3.05, 3.63) is 66.7 Å². The largest absolute Gasteiger partial charge is 0.495 e. The highest BCUT2D eigenvalue weighted by Crippen LogP contribution is 2.37. The molecule has 0 atom stereocenters. The molecule has 0 fully saturated rings. The van der Waals surface area contributed by atoms with Gasteiger partial charge in [-0.3, -0.25) is 9.11 Å². The summed E-state index contributed by atoms with van der Waals surface area (Å²) in [6.07, 6.45) is 0. The Morgan fingerprint density at radius 3 is 1.42 bits per heavy atom. The van der Waals surface area contributed by atoms with Crippen LogP contribution in [0.2, 0.25) is 0 Å².